The summed E-state index contributed by atoms with van der Waals surface area (Å²) in [5, 5.41) is 0. The van der Waals surface area contributed by atoms with E-state index < -0.39 is 0 Å². The van der Waals surface area contributed by atoms with E-state index in [0.717, 1.165) is 42.9 Å². The first-order chi connectivity index (χ1) is 12.2. The summed E-state index contributed by atoms with van der Waals surface area (Å²) in [5.74, 6) is 0.979. The van der Waals surface area contributed by atoms with Gasteiger partial charge in [-0.15, -0.1) is 0 Å². The summed E-state index contributed by atoms with van der Waals surface area (Å²) >= 11 is 0. The monoisotopic (exact) mass is 339 g/mol. The van der Waals surface area contributed by atoms with Gasteiger partial charge in [0.1, 0.15) is 0 Å². The standard InChI is InChI=1S/C23H30FN/c1-3-5-17-7-11-19(12-8-17)21-15-16-22(25-23(21)24)20-13-9-18(6-4-2)10-14-20/h7-8,11-12,15-16,18,20H,3-6,9-10,13-14H2,1-2H3. The molecule has 1 saturated carbocycles. The van der Waals surface area contributed by atoms with Gasteiger partial charge in [0.25, 0.3) is 0 Å². The molecule has 0 aliphatic heterocycles. The van der Waals surface area contributed by atoms with Crippen LogP contribution in [0.3, 0.4) is 0 Å². The van der Waals surface area contributed by atoms with Gasteiger partial charge in [-0.05, 0) is 61.3 Å². The molecule has 0 bridgehead atoms. The lowest BCUT2D eigenvalue weighted by molar-refractivity contribution is 0.304. The third-order valence-corrected chi connectivity index (χ3v) is 5.64. The smallest absolute Gasteiger partial charge is 0.220 e. The summed E-state index contributed by atoms with van der Waals surface area (Å²) in [6, 6.07) is 12.2. The van der Waals surface area contributed by atoms with Gasteiger partial charge in [0.15, 0.2) is 0 Å². The normalized spacial score (nSPS) is 20.6. The van der Waals surface area contributed by atoms with Crippen LogP contribution in [0.1, 0.15) is 76.0 Å². The minimum Gasteiger partial charge on any atom is -0.224 e. The molecule has 3 rings (SSSR count). The lowest BCUT2D eigenvalue weighted by atomic mass is 9.78. The Bertz CT molecular complexity index is 669. The Kier molecular flexibility index (Phi) is 6.23. The molecule has 1 nitrogen and oxygen atoms in total. The Labute approximate surface area is 151 Å². The first-order valence-electron chi connectivity index (χ1n) is 9.97. The Morgan fingerprint density at radius 3 is 2.24 bits per heavy atom. The van der Waals surface area contributed by atoms with Crippen LogP contribution in [0, 0.1) is 11.9 Å². The minimum absolute atomic E-state index is 0.323. The summed E-state index contributed by atoms with van der Waals surface area (Å²) in [7, 11) is 0. The zero-order chi connectivity index (χ0) is 17.6. The van der Waals surface area contributed by atoms with Crippen molar-refractivity contribution < 1.29 is 4.39 Å². The number of hydrogen-bond donors (Lipinski definition) is 0. The summed E-state index contributed by atoms with van der Waals surface area (Å²) in [4.78, 5) is 4.34. The second-order valence-corrected chi connectivity index (χ2v) is 7.53. The first kappa shape index (κ1) is 18.1. The van der Waals surface area contributed by atoms with Gasteiger partial charge >= 0.3 is 0 Å². The number of aryl methyl sites for hydroxylation is 1. The topological polar surface area (TPSA) is 12.9 Å². The van der Waals surface area contributed by atoms with E-state index >= 15 is 0 Å². The van der Waals surface area contributed by atoms with Gasteiger partial charge < -0.3 is 0 Å². The van der Waals surface area contributed by atoms with E-state index in [0.29, 0.717) is 11.5 Å². The first-order valence-corrected chi connectivity index (χ1v) is 9.97. The molecule has 2 heteroatoms. The summed E-state index contributed by atoms with van der Waals surface area (Å²) < 4.78 is 14.6. The average Bonchev–Trinajstić information content (AvgIpc) is 2.64. The van der Waals surface area contributed by atoms with Gasteiger partial charge in [0.05, 0.1) is 0 Å². The number of benzene rings is 1. The molecule has 0 radical (unpaired) electrons. The maximum atomic E-state index is 14.6. The second-order valence-electron chi connectivity index (χ2n) is 7.53. The molecule has 1 aromatic heterocycles. The van der Waals surface area contributed by atoms with E-state index in [1.54, 1.807) is 0 Å². The quantitative estimate of drug-likeness (QED) is 0.521. The van der Waals surface area contributed by atoms with Crippen molar-refractivity contribution in [1.82, 2.24) is 4.98 Å². The molecule has 0 saturated heterocycles. The summed E-state index contributed by atoms with van der Waals surface area (Å²) in [6.45, 7) is 4.43. The number of rotatable bonds is 6. The molecule has 1 aliphatic rings. The van der Waals surface area contributed by atoms with Gasteiger partial charge in [0, 0.05) is 17.2 Å². The van der Waals surface area contributed by atoms with E-state index in [1.165, 1.54) is 31.2 Å². The highest BCUT2D eigenvalue weighted by atomic mass is 19.1. The molecule has 0 N–H and O–H groups in total. The van der Waals surface area contributed by atoms with Crippen LogP contribution in [0.4, 0.5) is 4.39 Å². The Morgan fingerprint density at radius 2 is 1.64 bits per heavy atom. The molecule has 1 fully saturated rings. The van der Waals surface area contributed by atoms with Crippen molar-refractivity contribution in [2.45, 2.75) is 71.1 Å². The Balaban J connectivity index is 1.71. The lowest BCUT2D eigenvalue weighted by Crippen LogP contribution is -2.14. The second kappa shape index (κ2) is 8.60. The van der Waals surface area contributed by atoms with Crippen molar-refractivity contribution in [3.8, 4) is 11.1 Å². The Morgan fingerprint density at radius 1 is 0.920 bits per heavy atom. The molecule has 0 amide bonds. The van der Waals surface area contributed by atoms with Gasteiger partial charge in [-0.3, -0.25) is 0 Å². The van der Waals surface area contributed by atoms with Crippen molar-refractivity contribution in [3.63, 3.8) is 0 Å². The van der Waals surface area contributed by atoms with Crippen LogP contribution in [0.5, 0.6) is 0 Å². The maximum Gasteiger partial charge on any atom is 0.220 e. The molecule has 1 heterocycles. The highest BCUT2D eigenvalue weighted by molar-refractivity contribution is 5.63. The Hall–Kier alpha value is -1.70. The molecule has 1 aliphatic carbocycles. The van der Waals surface area contributed by atoms with Crippen LogP contribution in [0.2, 0.25) is 0 Å². The molecule has 0 unspecified atom stereocenters. The SMILES string of the molecule is CCCc1ccc(-c2ccc(C3CCC(CCC)CC3)nc2F)cc1. The zero-order valence-corrected chi connectivity index (χ0v) is 15.6. The summed E-state index contributed by atoms with van der Waals surface area (Å²) in [5.41, 5.74) is 3.79. The van der Waals surface area contributed by atoms with Crippen molar-refractivity contribution in [2.24, 2.45) is 5.92 Å². The molecule has 0 spiro atoms. The highest BCUT2D eigenvalue weighted by Gasteiger charge is 2.23. The third-order valence-electron chi connectivity index (χ3n) is 5.64. The van der Waals surface area contributed by atoms with Crippen LogP contribution in [-0.4, -0.2) is 4.98 Å². The van der Waals surface area contributed by atoms with Crippen molar-refractivity contribution >= 4 is 0 Å². The fraction of sp³-hybridized carbons (Fsp3) is 0.522. The number of pyridine rings is 1. The van der Waals surface area contributed by atoms with E-state index in [4.69, 9.17) is 0 Å². The largest absolute Gasteiger partial charge is 0.224 e. The van der Waals surface area contributed by atoms with Gasteiger partial charge in [-0.2, -0.15) is 4.39 Å². The maximum absolute atomic E-state index is 14.6. The fourth-order valence-electron chi connectivity index (χ4n) is 4.19. The number of hydrogen-bond acceptors (Lipinski definition) is 1. The van der Waals surface area contributed by atoms with Gasteiger partial charge in [0.2, 0.25) is 5.95 Å². The zero-order valence-electron chi connectivity index (χ0n) is 15.6. The van der Waals surface area contributed by atoms with Crippen LogP contribution >= 0.6 is 0 Å². The van der Waals surface area contributed by atoms with Crippen molar-refractivity contribution in [1.29, 1.82) is 0 Å². The molecule has 0 atom stereocenters. The third kappa shape index (κ3) is 4.48. The van der Waals surface area contributed by atoms with E-state index in [1.807, 2.05) is 24.3 Å². The van der Waals surface area contributed by atoms with E-state index in [9.17, 15) is 4.39 Å². The highest BCUT2D eigenvalue weighted by Crippen LogP contribution is 2.37. The minimum atomic E-state index is -0.323. The van der Waals surface area contributed by atoms with E-state index in [2.05, 4.69) is 31.0 Å². The fourth-order valence-corrected chi connectivity index (χ4v) is 4.19. The number of aromatic nitrogens is 1. The molecular weight excluding hydrogens is 309 g/mol. The number of halogens is 1. The van der Waals surface area contributed by atoms with E-state index in [-0.39, 0.29) is 5.95 Å². The average molecular weight is 339 g/mol. The van der Waals surface area contributed by atoms with Gasteiger partial charge in [-0.1, -0.05) is 57.4 Å². The van der Waals surface area contributed by atoms with Crippen LogP contribution in [0.15, 0.2) is 36.4 Å². The molecule has 134 valence electrons. The van der Waals surface area contributed by atoms with Gasteiger partial charge in [-0.25, -0.2) is 4.98 Å². The molecule has 2 aromatic rings. The predicted molar refractivity (Wildman–Crippen MR) is 103 cm³/mol. The molecule has 25 heavy (non-hydrogen) atoms. The molecular formula is C23H30FN. The van der Waals surface area contributed by atoms with Crippen LogP contribution in [-0.2, 0) is 6.42 Å². The molecule has 1 aromatic carbocycles. The van der Waals surface area contributed by atoms with Crippen LogP contribution < -0.4 is 0 Å². The van der Waals surface area contributed by atoms with Crippen molar-refractivity contribution in [3.05, 3.63) is 53.6 Å². The number of nitrogens with zero attached hydrogens (tertiary/aromatic N) is 1. The lowest BCUT2D eigenvalue weighted by Gasteiger charge is -2.28. The summed E-state index contributed by atoms with van der Waals surface area (Å²) in [6.07, 6.45) is 9.65. The van der Waals surface area contributed by atoms with Crippen LogP contribution in [0.25, 0.3) is 11.1 Å². The predicted octanol–water partition coefficient (Wildman–Crippen LogP) is 6.91. The van der Waals surface area contributed by atoms with Crippen molar-refractivity contribution in [2.75, 3.05) is 0 Å².